The van der Waals surface area contributed by atoms with E-state index in [2.05, 4.69) is 0 Å². The Morgan fingerprint density at radius 3 is 2.26 bits per heavy atom. The Labute approximate surface area is 116 Å². The largest absolute Gasteiger partial charge is 0.396 e. The van der Waals surface area contributed by atoms with E-state index < -0.39 is 5.41 Å². The molecule has 0 bridgehead atoms. The van der Waals surface area contributed by atoms with Gasteiger partial charge in [0.2, 0.25) is 11.8 Å². The van der Waals surface area contributed by atoms with Crippen molar-refractivity contribution in [2.24, 2.45) is 10.8 Å². The number of carbonyl (C=O) groups is 2. The molecule has 110 valence electrons. The third-order valence-corrected chi connectivity index (χ3v) is 4.44. The summed E-state index contributed by atoms with van der Waals surface area (Å²) in [5.74, 6) is -0.0367. The van der Waals surface area contributed by atoms with Gasteiger partial charge < -0.3 is 5.11 Å². The molecule has 1 heterocycles. The van der Waals surface area contributed by atoms with Crippen LogP contribution in [0.15, 0.2) is 0 Å². The molecule has 1 aliphatic heterocycles. The standard InChI is InChI=1S/C15H27NO3/c1-5-15(6-2)10-12(18)16(13(15)19)11-14(3,4)8-7-9-17/h17H,5-11H2,1-4H3. The molecule has 0 saturated carbocycles. The highest BCUT2D eigenvalue weighted by atomic mass is 16.3. The molecule has 1 rings (SSSR count). The van der Waals surface area contributed by atoms with E-state index in [-0.39, 0.29) is 23.8 Å². The third kappa shape index (κ3) is 3.35. The van der Waals surface area contributed by atoms with Crippen molar-refractivity contribution >= 4 is 11.8 Å². The fraction of sp³-hybridized carbons (Fsp3) is 0.867. The molecule has 1 N–H and O–H groups in total. The number of hydrogen-bond donors (Lipinski definition) is 1. The first-order chi connectivity index (χ1) is 8.82. The van der Waals surface area contributed by atoms with E-state index in [1.54, 1.807) is 0 Å². The summed E-state index contributed by atoms with van der Waals surface area (Å²) in [4.78, 5) is 26.1. The maximum atomic E-state index is 12.5. The van der Waals surface area contributed by atoms with Crippen LogP contribution in [0, 0.1) is 10.8 Å². The number of aliphatic hydroxyl groups excluding tert-OH is 1. The van der Waals surface area contributed by atoms with Crippen LogP contribution in [0.4, 0.5) is 0 Å². The molecule has 19 heavy (non-hydrogen) atoms. The maximum Gasteiger partial charge on any atom is 0.235 e. The Balaban J connectivity index is 2.79. The lowest BCUT2D eigenvalue weighted by Gasteiger charge is -2.30. The SMILES string of the molecule is CCC1(CC)CC(=O)N(CC(C)(C)CCCO)C1=O. The van der Waals surface area contributed by atoms with E-state index in [0.717, 1.165) is 19.3 Å². The number of rotatable bonds is 7. The number of imide groups is 1. The first-order valence-electron chi connectivity index (χ1n) is 7.27. The van der Waals surface area contributed by atoms with Gasteiger partial charge in [0.1, 0.15) is 0 Å². The highest BCUT2D eigenvalue weighted by Crippen LogP contribution is 2.40. The Hall–Kier alpha value is -0.900. The van der Waals surface area contributed by atoms with Crippen LogP contribution in [0.1, 0.15) is 59.8 Å². The summed E-state index contributed by atoms with van der Waals surface area (Å²) in [6.07, 6.45) is 3.32. The van der Waals surface area contributed by atoms with Gasteiger partial charge in [-0.2, -0.15) is 0 Å². The van der Waals surface area contributed by atoms with Crippen molar-refractivity contribution in [1.82, 2.24) is 4.90 Å². The van der Waals surface area contributed by atoms with Crippen molar-refractivity contribution in [3.8, 4) is 0 Å². The quantitative estimate of drug-likeness (QED) is 0.722. The van der Waals surface area contributed by atoms with E-state index in [1.807, 2.05) is 27.7 Å². The summed E-state index contributed by atoms with van der Waals surface area (Å²) in [6.45, 7) is 8.66. The lowest BCUT2D eigenvalue weighted by Crippen LogP contribution is -2.41. The predicted molar refractivity (Wildman–Crippen MR) is 74.5 cm³/mol. The molecule has 2 amide bonds. The average Bonchev–Trinajstić information content (AvgIpc) is 2.61. The van der Waals surface area contributed by atoms with Crippen molar-refractivity contribution in [1.29, 1.82) is 0 Å². The molecule has 4 heteroatoms. The zero-order chi connectivity index (χ0) is 14.7. The van der Waals surface area contributed by atoms with Crippen molar-refractivity contribution < 1.29 is 14.7 Å². The van der Waals surface area contributed by atoms with Crippen LogP contribution < -0.4 is 0 Å². The maximum absolute atomic E-state index is 12.5. The minimum atomic E-state index is -0.468. The molecular weight excluding hydrogens is 242 g/mol. The number of hydrogen-bond acceptors (Lipinski definition) is 3. The van der Waals surface area contributed by atoms with Gasteiger partial charge in [-0.25, -0.2) is 0 Å². The van der Waals surface area contributed by atoms with Crippen LogP contribution in [0.25, 0.3) is 0 Å². The third-order valence-electron chi connectivity index (χ3n) is 4.44. The van der Waals surface area contributed by atoms with Gasteiger partial charge in [-0.05, 0) is 31.1 Å². The average molecular weight is 269 g/mol. The Bertz CT molecular complexity index is 345. The van der Waals surface area contributed by atoms with Crippen molar-refractivity contribution in [3.05, 3.63) is 0 Å². The van der Waals surface area contributed by atoms with Crippen LogP contribution in [-0.2, 0) is 9.59 Å². The molecule has 0 atom stereocenters. The molecule has 0 aromatic carbocycles. The van der Waals surface area contributed by atoms with E-state index in [4.69, 9.17) is 5.11 Å². The van der Waals surface area contributed by atoms with Gasteiger partial charge in [0.05, 0.1) is 5.41 Å². The number of aliphatic hydroxyl groups is 1. The zero-order valence-corrected chi connectivity index (χ0v) is 12.7. The van der Waals surface area contributed by atoms with Gasteiger partial charge >= 0.3 is 0 Å². The van der Waals surface area contributed by atoms with E-state index in [1.165, 1.54) is 4.90 Å². The van der Waals surface area contributed by atoms with E-state index in [9.17, 15) is 9.59 Å². The zero-order valence-electron chi connectivity index (χ0n) is 12.7. The Kier molecular flexibility index (Phi) is 5.13. The minimum absolute atomic E-state index is 0.000395. The van der Waals surface area contributed by atoms with Crippen LogP contribution in [0.5, 0.6) is 0 Å². The minimum Gasteiger partial charge on any atom is -0.396 e. The molecule has 0 unspecified atom stereocenters. The topological polar surface area (TPSA) is 57.6 Å². The van der Waals surface area contributed by atoms with Gasteiger partial charge in [-0.1, -0.05) is 27.7 Å². The van der Waals surface area contributed by atoms with Crippen molar-refractivity contribution in [2.75, 3.05) is 13.2 Å². The molecule has 0 aromatic rings. The molecule has 1 saturated heterocycles. The molecule has 0 aliphatic carbocycles. The normalized spacial score (nSPS) is 19.3. The number of nitrogens with zero attached hydrogens (tertiary/aromatic N) is 1. The summed E-state index contributed by atoms with van der Waals surface area (Å²) in [7, 11) is 0. The second kappa shape index (κ2) is 6.04. The van der Waals surface area contributed by atoms with Gasteiger partial charge in [0.15, 0.2) is 0 Å². The van der Waals surface area contributed by atoms with Crippen molar-refractivity contribution in [3.63, 3.8) is 0 Å². The summed E-state index contributed by atoms with van der Waals surface area (Å²) in [6, 6.07) is 0. The summed E-state index contributed by atoms with van der Waals surface area (Å²) in [5, 5.41) is 8.91. The monoisotopic (exact) mass is 269 g/mol. The summed E-state index contributed by atoms with van der Waals surface area (Å²) < 4.78 is 0. The number of amides is 2. The summed E-state index contributed by atoms with van der Waals surface area (Å²) in [5.41, 5.74) is -0.601. The molecular formula is C15H27NO3. The number of likely N-dealkylation sites (tertiary alicyclic amines) is 1. The van der Waals surface area contributed by atoms with Crippen LogP contribution in [0.2, 0.25) is 0 Å². The van der Waals surface area contributed by atoms with Crippen LogP contribution in [0.3, 0.4) is 0 Å². The van der Waals surface area contributed by atoms with Crippen LogP contribution in [-0.4, -0.2) is 35.0 Å². The van der Waals surface area contributed by atoms with E-state index >= 15 is 0 Å². The van der Waals surface area contributed by atoms with Gasteiger partial charge in [0.25, 0.3) is 0 Å². The first kappa shape index (κ1) is 16.2. The van der Waals surface area contributed by atoms with E-state index in [0.29, 0.717) is 19.4 Å². The predicted octanol–water partition coefficient (Wildman–Crippen LogP) is 2.35. The van der Waals surface area contributed by atoms with Gasteiger partial charge in [-0.3, -0.25) is 14.5 Å². The first-order valence-corrected chi connectivity index (χ1v) is 7.27. The Morgan fingerprint density at radius 2 is 1.84 bits per heavy atom. The second-order valence-electron chi connectivity index (χ2n) is 6.44. The second-order valence-corrected chi connectivity index (χ2v) is 6.44. The molecule has 0 aromatic heterocycles. The number of carbonyl (C=O) groups excluding carboxylic acids is 2. The fourth-order valence-electron chi connectivity index (χ4n) is 2.89. The molecule has 0 spiro atoms. The lowest BCUT2D eigenvalue weighted by molar-refractivity contribution is -0.143. The fourth-order valence-corrected chi connectivity index (χ4v) is 2.89. The highest BCUT2D eigenvalue weighted by molar-refractivity contribution is 6.05. The highest BCUT2D eigenvalue weighted by Gasteiger charge is 2.49. The molecule has 1 fully saturated rings. The van der Waals surface area contributed by atoms with Crippen molar-refractivity contribution in [2.45, 2.75) is 59.8 Å². The smallest absolute Gasteiger partial charge is 0.235 e. The molecule has 1 aliphatic rings. The van der Waals surface area contributed by atoms with Gasteiger partial charge in [0, 0.05) is 19.6 Å². The molecule has 0 radical (unpaired) electrons. The van der Waals surface area contributed by atoms with Crippen LogP contribution >= 0.6 is 0 Å². The molecule has 4 nitrogen and oxygen atoms in total. The van der Waals surface area contributed by atoms with Gasteiger partial charge in [-0.15, -0.1) is 0 Å². The Morgan fingerprint density at radius 1 is 1.26 bits per heavy atom. The summed E-state index contributed by atoms with van der Waals surface area (Å²) >= 11 is 0. The lowest BCUT2D eigenvalue weighted by atomic mass is 9.80.